The van der Waals surface area contributed by atoms with Crippen LogP contribution in [-0.4, -0.2) is 55.4 Å². The number of nitrogens with zero attached hydrogens (tertiary/aromatic N) is 2. The predicted molar refractivity (Wildman–Crippen MR) is 94.7 cm³/mol. The van der Waals surface area contributed by atoms with E-state index in [1.165, 1.54) is 0 Å². The summed E-state index contributed by atoms with van der Waals surface area (Å²) in [5.74, 6) is 0. The largest absolute Gasteiger partial charge is 0.390 e. The van der Waals surface area contributed by atoms with E-state index >= 15 is 0 Å². The van der Waals surface area contributed by atoms with Crippen LogP contribution >= 0.6 is 48.0 Å². The summed E-state index contributed by atoms with van der Waals surface area (Å²) in [6.07, 6.45) is -0.443. The van der Waals surface area contributed by atoms with Gasteiger partial charge in [0.2, 0.25) is 0 Å². The second-order valence-electron chi connectivity index (χ2n) is 4.75. The van der Waals surface area contributed by atoms with Gasteiger partial charge in [0.05, 0.1) is 21.8 Å². The van der Waals surface area contributed by atoms with Gasteiger partial charge in [-0.1, -0.05) is 29.3 Å². The van der Waals surface area contributed by atoms with Crippen molar-refractivity contribution in [3.8, 4) is 0 Å². The third-order valence-corrected chi connectivity index (χ3v) is 4.19. The molecule has 122 valence electrons. The lowest BCUT2D eigenvalue weighted by Crippen LogP contribution is -2.49. The average molecular weight is 377 g/mol. The number of aliphatic hydroxyl groups is 1. The number of aliphatic hydroxyl groups excluding tert-OH is 1. The first-order valence-corrected chi connectivity index (χ1v) is 7.17. The molecule has 2 rings (SSSR count). The Morgan fingerprint density at radius 1 is 1.14 bits per heavy atom. The number of hydrogen-bond donors (Lipinski definition) is 2. The van der Waals surface area contributed by atoms with Crippen molar-refractivity contribution < 1.29 is 5.11 Å². The van der Waals surface area contributed by atoms with Crippen molar-refractivity contribution in [2.24, 2.45) is 5.73 Å². The molecule has 3 N–H and O–H groups in total. The average Bonchev–Trinajstić information content (AvgIpc) is 2.43. The zero-order chi connectivity index (χ0) is 13.8. The summed E-state index contributed by atoms with van der Waals surface area (Å²) in [5, 5.41) is 10.7. The van der Waals surface area contributed by atoms with Gasteiger partial charge in [0.1, 0.15) is 0 Å². The molecule has 8 heteroatoms. The summed E-state index contributed by atoms with van der Waals surface area (Å²) in [5.41, 5.74) is 6.40. The number of halogens is 4. The summed E-state index contributed by atoms with van der Waals surface area (Å²) in [7, 11) is 0. The Morgan fingerprint density at radius 2 is 1.76 bits per heavy atom. The molecule has 4 nitrogen and oxygen atoms in total. The summed E-state index contributed by atoms with van der Waals surface area (Å²) in [4.78, 5) is 4.44. The normalized spacial score (nSPS) is 16.9. The maximum Gasteiger partial charge on any atom is 0.0825 e. The van der Waals surface area contributed by atoms with Crippen LogP contribution in [0.2, 0.25) is 10.0 Å². The van der Waals surface area contributed by atoms with Crippen molar-refractivity contribution in [3.63, 3.8) is 0 Å². The van der Waals surface area contributed by atoms with Crippen molar-refractivity contribution >= 4 is 53.7 Å². The van der Waals surface area contributed by atoms with E-state index in [9.17, 15) is 5.11 Å². The van der Waals surface area contributed by atoms with Crippen molar-refractivity contribution in [1.82, 2.24) is 4.90 Å². The summed E-state index contributed by atoms with van der Waals surface area (Å²) in [6.45, 7) is 4.46. The van der Waals surface area contributed by atoms with Crippen LogP contribution in [0.25, 0.3) is 0 Å². The van der Waals surface area contributed by atoms with Crippen LogP contribution in [0.15, 0.2) is 18.2 Å². The van der Waals surface area contributed by atoms with Crippen LogP contribution in [0.3, 0.4) is 0 Å². The van der Waals surface area contributed by atoms with E-state index in [4.69, 9.17) is 28.9 Å². The van der Waals surface area contributed by atoms with Gasteiger partial charge in [0.15, 0.2) is 0 Å². The third kappa shape index (κ3) is 5.64. The maximum atomic E-state index is 9.55. The van der Waals surface area contributed by atoms with E-state index in [1.807, 2.05) is 12.1 Å². The summed E-state index contributed by atoms with van der Waals surface area (Å²) >= 11 is 12.3. The molecular formula is C13H21Cl4N3O. The molecular weight excluding hydrogens is 356 g/mol. The van der Waals surface area contributed by atoms with E-state index in [0.717, 1.165) is 31.9 Å². The van der Waals surface area contributed by atoms with Crippen LogP contribution in [0.1, 0.15) is 0 Å². The van der Waals surface area contributed by atoms with Crippen molar-refractivity contribution in [2.45, 2.75) is 6.10 Å². The molecule has 1 aliphatic rings. The van der Waals surface area contributed by atoms with Gasteiger partial charge < -0.3 is 15.7 Å². The molecule has 0 aromatic heterocycles. The Morgan fingerprint density at radius 3 is 2.33 bits per heavy atom. The highest BCUT2D eigenvalue weighted by Crippen LogP contribution is 2.32. The Hall–Kier alpha value is 0.0600. The lowest BCUT2D eigenvalue weighted by Gasteiger charge is -2.37. The Labute approximate surface area is 148 Å². The molecule has 1 saturated heterocycles. The Kier molecular flexibility index (Phi) is 9.98. The standard InChI is InChI=1S/C13H19Cl2N3O.2ClH/c14-11-2-1-3-12(13(11)15)18-6-4-17(5-7-18)9-10(19)8-16;;/h1-3,10,19H,4-9,16H2;2*1H/t10-;;/m1../s1. The molecule has 1 aromatic rings. The van der Waals surface area contributed by atoms with Crippen LogP contribution in [0.4, 0.5) is 5.69 Å². The monoisotopic (exact) mass is 375 g/mol. The molecule has 1 atom stereocenters. The topological polar surface area (TPSA) is 52.7 Å². The smallest absolute Gasteiger partial charge is 0.0825 e. The maximum absolute atomic E-state index is 9.55. The zero-order valence-corrected chi connectivity index (χ0v) is 14.7. The molecule has 1 heterocycles. The molecule has 21 heavy (non-hydrogen) atoms. The molecule has 0 radical (unpaired) electrons. The molecule has 0 spiro atoms. The molecule has 1 aromatic carbocycles. The number of rotatable bonds is 4. The van der Waals surface area contributed by atoms with Gasteiger partial charge in [-0.05, 0) is 12.1 Å². The quantitative estimate of drug-likeness (QED) is 0.846. The van der Waals surface area contributed by atoms with Crippen molar-refractivity contribution in [1.29, 1.82) is 0 Å². The number of nitrogens with two attached hydrogens (primary N) is 1. The van der Waals surface area contributed by atoms with Gasteiger partial charge in [-0.3, -0.25) is 4.90 Å². The van der Waals surface area contributed by atoms with Crippen LogP contribution in [0, 0.1) is 0 Å². The number of benzene rings is 1. The summed E-state index contributed by atoms with van der Waals surface area (Å²) < 4.78 is 0. The van der Waals surface area contributed by atoms with Gasteiger partial charge in [-0.2, -0.15) is 0 Å². The first kappa shape index (κ1) is 21.1. The van der Waals surface area contributed by atoms with Crippen LogP contribution < -0.4 is 10.6 Å². The summed E-state index contributed by atoms with van der Waals surface area (Å²) in [6, 6.07) is 5.69. The van der Waals surface area contributed by atoms with E-state index in [-0.39, 0.29) is 24.8 Å². The number of piperazine rings is 1. The Balaban J connectivity index is 0.00000200. The number of β-amino-alcohol motifs (C(OH)–C–C–N with tert-alkyl or cyclic N) is 1. The first-order valence-electron chi connectivity index (χ1n) is 6.41. The highest BCUT2D eigenvalue weighted by molar-refractivity contribution is 6.43. The van der Waals surface area contributed by atoms with Crippen molar-refractivity contribution in [3.05, 3.63) is 28.2 Å². The molecule has 1 aliphatic heterocycles. The molecule has 0 amide bonds. The molecule has 1 fully saturated rings. The Bertz CT molecular complexity index is 428. The van der Waals surface area contributed by atoms with E-state index in [0.29, 0.717) is 23.1 Å². The highest BCUT2D eigenvalue weighted by Gasteiger charge is 2.20. The van der Waals surface area contributed by atoms with Gasteiger partial charge >= 0.3 is 0 Å². The van der Waals surface area contributed by atoms with E-state index < -0.39 is 6.10 Å². The van der Waals surface area contributed by atoms with Gasteiger partial charge in [-0.15, -0.1) is 24.8 Å². The lowest BCUT2D eigenvalue weighted by molar-refractivity contribution is 0.115. The first-order chi connectivity index (χ1) is 9.11. The van der Waals surface area contributed by atoms with E-state index in [2.05, 4.69) is 9.80 Å². The van der Waals surface area contributed by atoms with Crippen LogP contribution in [-0.2, 0) is 0 Å². The third-order valence-electron chi connectivity index (χ3n) is 3.39. The SMILES string of the molecule is Cl.Cl.NC[C@@H](O)CN1CCN(c2cccc(Cl)c2Cl)CC1. The second-order valence-corrected chi connectivity index (χ2v) is 5.54. The van der Waals surface area contributed by atoms with Crippen molar-refractivity contribution in [2.75, 3.05) is 44.2 Å². The van der Waals surface area contributed by atoms with E-state index in [1.54, 1.807) is 6.07 Å². The van der Waals surface area contributed by atoms with Crippen LogP contribution in [0.5, 0.6) is 0 Å². The molecule has 0 bridgehead atoms. The second kappa shape index (κ2) is 9.95. The molecule has 0 aliphatic carbocycles. The predicted octanol–water partition coefficient (Wildman–Crippen LogP) is 2.28. The highest BCUT2D eigenvalue weighted by atomic mass is 35.5. The minimum absolute atomic E-state index is 0. The number of hydrogen-bond acceptors (Lipinski definition) is 4. The fraction of sp³-hybridized carbons (Fsp3) is 0.538. The minimum Gasteiger partial charge on any atom is -0.390 e. The van der Waals surface area contributed by atoms with Gasteiger partial charge in [-0.25, -0.2) is 0 Å². The molecule has 0 unspecified atom stereocenters. The van der Waals surface area contributed by atoms with Gasteiger partial charge in [0, 0.05) is 39.3 Å². The number of anilines is 1. The zero-order valence-electron chi connectivity index (χ0n) is 11.5. The molecule has 0 saturated carbocycles. The minimum atomic E-state index is -0.443. The lowest BCUT2D eigenvalue weighted by atomic mass is 10.2. The fourth-order valence-corrected chi connectivity index (χ4v) is 2.70. The fourth-order valence-electron chi connectivity index (χ4n) is 2.28. The van der Waals surface area contributed by atoms with Gasteiger partial charge in [0.25, 0.3) is 0 Å².